The molecule has 1 aliphatic heterocycles. The first-order valence-corrected chi connectivity index (χ1v) is 5.84. The van der Waals surface area contributed by atoms with Crippen molar-refractivity contribution in [2.24, 2.45) is 0 Å². The van der Waals surface area contributed by atoms with Gasteiger partial charge in [0.05, 0.1) is 17.9 Å². The predicted octanol–water partition coefficient (Wildman–Crippen LogP) is 0.244. The fourth-order valence-corrected chi connectivity index (χ4v) is 2.21. The van der Waals surface area contributed by atoms with Gasteiger partial charge in [0.1, 0.15) is 12.1 Å². The zero-order chi connectivity index (χ0) is 13.1. The largest absolute Gasteiger partial charge is 0.394 e. The molecule has 1 fully saturated rings. The van der Waals surface area contributed by atoms with E-state index in [1.165, 1.54) is 0 Å². The van der Waals surface area contributed by atoms with Crippen LogP contribution in [0.25, 0.3) is 0 Å². The number of amides is 1. The van der Waals surface area contributed by atoms with Gasteiger partial charge in [0.15, 0.2) is 0 Å². The van der Waals surface area contributed by atoms with Crippen molar-refractivity contribution in [3.63, 3.8) is 0 Å². The van der Waals surface area contributed by atoms with E-state index in [9.17, 15) is 9.90 Å². The van der Waals surface area contributed by atoms with E-state index >= 15 is 0 Å². The van der Waals surface area contributed by atoms with Gasteiger partial charge in [-0.15, -0.1) is 0 Å². The molecule has 2 N–H and O–H groups in total. The molecule has 5 nitrogen and oxygen atoms in total. The van der Waals surface area contributed by atoms with Gasteiger partial charge in [0.25, 0.3) is 0 Å². The Morgan fingerprint density at radius 2 is 2.28 bits per heavy atom. The van der Waals surface area contributed by atoms with E-state index < -0.39 is 6.04 Å². The summed E-state index contributed by atoms with van der Waals surface area (Å²) in [6.07, 6.45) is 0. The molecule has 0 radical (unpaired) electrons. The Kier molecular flexibility index (Phi) is 3.49. The SMILES string of the molecule is CC1CN(c2ccccc2C#N)C(CO)C(=O)N1. The van der Waals surface area contributed by atoms with Gasteiger partial charge in [0.2, 0.25) is 5.91 Å². The maximum atomic E-state index is 11.8. The summed E-state index contributed by atoms with van der Waals surface area (Å²) < 4.78 is 0. The molecule has 1 heterocycles. The monoisotopic (exact) mass is 245 g/mol. The number of para-hydroxylation sites is 1. The quantitative estimate of drug-likeness (QED) is 0.782. The lowest BCUT2D eigenvalue weighted by Crippen LogP contribution is -2.60. The second-order valence-electron chi connectivity index (χ2n) is 4.39. The van der Waals surface area contributed by atoms with Crippen molar-refractivity contribution in [3.05, 3.63) is 29.8 Å². The van der Waals surface area contributed by atoms with Crippen molar-refractivity contribution in [2.75, 3.05) is 18.1 Å². The van der Waals surface area contributed by atoms with Gasteiger partial charge >= 0.3 is 0 Å². The van der Waals surface area contributed by atoms with Crippen LogP contribution in [0.5, 0.6) is 0 Å². The molecular weight excluding hydrogens is 230 g/mol. The number of nitrogens with zero attached hydrogens (tertiary/aromatic N) is 2. The van der Waals surface area contributed by atoms with Crippen molar-refractivity contribution in [3.8, 4) is 6.07 Å². The zero-order valence-corrected chi connectivity index (χ0v) is 10.1. The summed E-state index contributed by atoms with van der Waals surface area (Å²) in [6.45, 7) is 2.21. The highest BCUT2D eigenvalue weighted by Gasteiger charge is 2.33. The number of rotatable bonds is 2. The highest BCUT2D eigenvalue weighted by atomic mass is 16.3. The number of nitrogens with one attached hydrogen (secondary N) is 1. The number of nitriles is 1. The fourth-order valence-electron chi connectivity index (χ4n) is 2.21. The summed E-state index contributed by atoms with van der Waals surface area (Å²) in [5.74, 6) is -0.205. The number of hydrogen-bond donors (Lipinski definition) is 2. The molecule has 0 spiro atoms. The first kappa shape index (κ1) is 12.4. The molecule has 2 rings (SSSR count). The number of anilines is 1. The minimum atomic E-state index is -0.629. The van der Waals surface area contributed by atoms with Crippen LogP contribution in [0.3, 0.4) is 0 Å². The Bertz CT molecular complexity index is 495. The second kappa shape index (κ2) is 5.07. The second-order valence-corrected chi connectivity index (χ2v) is 4.39. The minimum absolute atomic E-state index is 0.00736. The van der Waals surface area contributed by atoms with Crippen LogP contribution in [0.4, 0.5) is 5.69 Å². The molecule has 2 atom stereocenters. The third-order valence-electron chi connectivity index (χ3n) is 3.04. The Morgan fingerprint density at radius 1 is 1.56 bits per heavy atom. The molecule has 0 bridgehead atoms. The van der Waals surface area contributed by atoms with E-state index in [4.69, 9.17) is 5.26 Å². The van der Waals surface area contributed by atoms with Crippen molar-refractivity contribution in [1.82, 2.24) is 5.32 Å². The molecule has 0 aromatic heterocycles. The third kappa shape index (κ3) is 2.15. The molecule has 1 amide bonds. The highest BCUT2D eigenvalue weighted by molar-refractivity contribution is 5.87. The van der Waals surface area contributed by atoms with Gasteiger partial charge in [-0.25, -0.2) is 0 Å². The average Bonchev–Trinajstić information content (AvgIpc) is 2.38. The Balaban J connectivity index is 2.40. The van der Waals surface area contributed by atoms with Gasteiger partial charge in [-0.3, -0.25) is 4.79 Å². The van der Waals surface area contributed by atoms with E-state index in [-0.39, 0.29) is 18.6 Å². The maximum absolute atomic E-state index is 11.8. The molecule has 0 aliphatic carbocycles. The summed E-state index contributed by atoms with van der Waals surface area (Å²) in [5.41, 5.74) is 1.21. The Morgan fingerprint density at radius 3 is 2.94 bits per heavy atom. The smallest absolute Gasteiger partial charge is 0.245 e. The van der Waals surface area contributed by atoms with Crippen LogP contribution in [0.15, 0.2) is 24.3 Å². The first-order chi connectivity index (χ1) is 8.67. The van der Waals surface area contributed by atoms with Crippen LogP contribution in [0.1, 0.15) is 12.5 Å². The predicted molar refractivity (Wildman–Crippen MR) is 67.0 cm³/mol. The van der Waals surface area contributed by atoms with Crippen LogP contribution in [-0.2, 0) is 4.79 Å². The molecule has 1 saturated heterocycles. The van der Waals surface area contributed by atoms with Gasteiger partial charge in [-0.1, -0.05) is 12.1 Å². The molecule has 5 heteroatoms. The fraction of sp³-hybridized carbons (Fsp3) is 0.385. The molecule has 1 aromatic rings. The lowest BCUT2D eigenvalue weighted by atomic mass is 10.1. The van der Waals surface area contributed by atoms with Crippen LogP contribution in [-0.4, -0.2) is 36.2 Å². The number of piperazine rings is 1. The van der Waals surface area contributed by atoms with Crippen LogP contribution < -0.4 is 10.2 Å². The van der Waals surface area contributed by atoms with Crippen molar-refractivity contribution in [2.45, 2.75) is 19.0 Å². The van der Waals surface area contributed by atoms with E-state index in [0.29, 0.717) is 17.8 Å². The Hall–Kier alpha value is -2.06. The molecular formula is C13H15N3O2. The minimum Gasteiger partial charge on any atom is -0.394 e. The van der Waals surface area contributed by atoms with Crippen molar-refractivity contribution in [1.29, 1.82) is 5.26 Å². The zero-order valence-electron chi connectivity index (χ0n) is 10.1. The topological polar surface area (TPSA) is 76.4 Å². The van der Waals surface area contributed by atoms with E-state index in [1.54, 1.807) is 23.1 Å². The molecule has 1 aromatic carbocycles. The number of carbonyl (C=O) groups excluding carboxylic acids is 1. The van der Waals surface area contributed by atoms with Gasteiger partial charge in [-0.2, -0.15) is 5.26 Å². The normalized spacial score (nSPS) is 23.4. The van der Waals surface area contributed by atoms with Crippen LogP contribution >= 0.6 is 0 Å². The van der Waals surface area contributed by atoms with Crippen LogP contribution in [0, 0.1) is 11.3 Å². The number of aliphatic hydroxyl groups is 1. The lowest BCUT2D eigenvalue weighted by Gasteiger charge is -2.39. The van der Waals surface area contributed by atoms with Gasteiger partial charge < -0.3 is 15.3 Å². The summed E-state index contributed by atoms with van der Waals surface area (Å²) in [5, 5.41) is 21.3. The number of aliphatic hydroxyl groups excluding tert-OH is 1. The summed E-state index contributed by atoms with van der Waals surface area (Å²) in [4.78, 5) is 13.6. The van der Waals surface area contributed by atoms with E-state index in [0.717, 1.165) is 0 Å². The van der Waals surface area contributed by atoms with Gasteiger partial charge in [0, 0.05) is 12.6 Å². The average molecular weight is 245 g/mol. The number of carbonyl (C=O) groups is 1. The van der Waals surface area contributed by atoms with Gasteiger partial charge in [-0.05, 0) is 19.1 Å². The van der Waals surface area contributed by atoms with Crippen molar-refractivity contribution < 1.29 is 9.90 Å². The maximum Gasteiger partial charge on any atom is 0.245 e. The van der Waals surface area contributed by atoms with Crippen molar-refractivity contribution >= 4 is 11.6 Å². The molecule has 0 saturated carbocycles. The van der Waals surface area contributed by atoms with E-state index in [1.807, 2.05) is 13.0 Å². The summed E-state index contributed by atoms with van der Waals surface area (Å²) in [7, 11) is 0. The molecule has 1 aliphatic rings. The summed E-state index contributed by atoms with van der Waals surface area (Å²) >= 11 is 0. The third-order valence-corrected chi connectivity index (χ3v) is 3.04. The first-order valence-electron chi connectivity index (χ1n) is 5.84. The van der Waals surface area contributed by atoms with Crippen LogP contribution in [0.2, 0.25) is 0 Å². The summed E-state index contributed by atoms with van der Waals surface area (Å²) in [6, 6.07) is 8.59. The molecule has 18 heavy (non-hydrogen) atoms. The molecule has 94 valence electrons. The lowest BCUT2D eigenvalue weighted by molar-refractivity contribution is -0.125. The Labute approximate surface area is 106 Å². The standard InChI is InChI=1S/C13H15N3O2/c1-9-7-16(12(8-17)13(18)15-9)11-5-3-2-4-10(11)6-14/h2-5,9,12,17H,7-8H2,1H3,(H,15,18). The highest BCUT2D eigenvalue weighted by Crippen LogP contribution is 2.24. The number of hydrogen-bond acceptors (Lipinski definition) is 4. The number of benzene rings is 1. The molecule has 2 unspecified atom stereocenters. The van der Waals surface area contributed by atoms with E-state index in [2.05, 4.69) is 11.4 Å².